The second kappa shape index (κ2) is 1.93. The molecule has 0 radical (unpaired) electrons. The number of rotatable bonds is 1. The molecule has 0 aliphatic heterocycles. The summed E-state index contributed by atoms with van der Waals surface area (Å²) < 4.78 is 0. The van der Waals surface area contributed by atoms with Crippen LogP contribution >= 0.6 is 0 Å². The Kier molecular flexibility index (Phi) is 1.26. The molecular weight excluding hydrogens is 152 g/mol. The van der Waals surface area contributed by atoms with E-state index < -0.39 is 0 Å². The topological polar surface area (TPSA) is 37.3 Å². The highest BCUT2D eigenvalue weighted by molar-refractivity contribution is 5.96. The van der Waals surface area contributed by atoms with Gasteiger partial charge in [-0.05, 0) is 24.2 Å². The van der Waals surface area contributed by atoms with Crippen LogP contribution in [-0.4, -0.2) is 10.9 Å². The van der Waals surface area contributed by atoms with Gasteiger partial charge in [0.15, 0.2) is 5.78 Å². The van der Waals surface area contributed by atoms with Crippen LogP contribution in [0.2, 0.25) is 0 Å². The van der Waals surface area contributed by atoms with Crippen LogP contribution in [0.1, 0.15) is 27.2 Å². The van der Waals surface area contributed by atoms with Crippen molar-refractivity contribution in [1.82, 2.24) is 0 Å². The van der Waals surface area contributed by atoms with Gasteiger partial charge in [-0.25, -0.2) is 0 Å². The van der Waals surface area contributed by atoms with Crippen molar-refractivity contribution in [2.45, 2.75) is 27.2 Å². The minimum Gasteiger partial charge on any atom is -0.512 e. The van der Waals surface area contributed by atoms with Crippen LogP contribution in [0, 0.1) is 17.3 Å². The number of ketones is 1. The van der Waals surface area contributed by atoms with Gasteiger partial charge < -0.3 is 5.11 Å². The Morgan fingerprint density at radius 2 is 2.17 bits per heavy atom. The average molecular weight is 166 g/mol. The Balaban J connectivity index is 2.33. The standard InChI is InChI=1S/C10H14O2/c1-5(11)8-7(12)4-6-9(8)10(6,2)3/h6,9,12H,4H2,1-3H3/t6-,9+/m0/s1. The van der Waals surface area contributed by atoms with Gasteiger partial charge in [-0.1, -0.05) is 13.8 Å². The van der Waals surface area contributed by atoms with Crippen LogP contribution in [-0.2, 0) is 4.79 Å². The zero-order valence-electron chi connectivity index (χ0n) is 7.72. The minimum atomic E-state index is 0.0468. The van der Waals surface area contributed by atoms with Gasteiger partial charge in [-0.2, -0.15) is 0 Å². The van der Waals surface area contributed by atoms with E-state index in [1.165, 1.54) is 0 Å². The maximum Gasteiger partial charge on any atom is 0.159 e. The van der Waals surface area contributed by atoms with Crippen molar-refractivity contribution in [2.24, 2.45) is 17.3 Å². The van der Waals surface area contributed by atoms with E-state index in [9.17, 15) is 9.90 Å². The number of carbonyl (C=O) groups is 1. The van der Waals surface area contributed by atoms with Crippen molar-refractivity contribution in [3.63, 3.8) is 0 Å². The molecule has 1 saturated carbocycles. The monoisotopic (exact) mass is 166 g/mol. The zero-order chi connectivity index (χ0) is 9.09. The van der Waals surface area contributed by atoms with Crippen molar-refractivity contribution >= 4 is 5.78 Å². The van der Waals surface area contributed by atoms with Gasteiger partial charge >= 0.3 is 0 Å². The summed E-state index contributed by atoms with van der Waals surface area (Å²) in [6, 6.07) is 0. The van der Waals surface area contributed by atoms with E-state index in [0.29, 0.717) is 29.6 Å². The van der Waals surface area contributed by atoms with Gasteiger partial charge in [0.1, 0.15) is 0 Å². The molecule has 0 saturated heterocycles. The maximum absolute atomic E-state index is 11.2. The van der Waals surface area contributed by atoms with E-state index in [4.69, 9.17) is 0 Å². The zero-order valence-corrected chi connectivity index (χ0v) is 7.72. The van der Waals surface area contributed by atoms with Crippen LogP contribution in [0.25, 0.3) is 0 Å². The number of fused-ring (bicyclic) bond motifs is 1. The fourth-order valence-electron chi connectivity index (χ4n) is 2.62. The van der Waals surface area contributed by atoms with Crippen LogP contribution in [0.4, 0.5) is 0 Å². The third kappa shape index (κ3) is 0.728. The van der Waals surface area contributed by atoms with Gasteiger partial charge in [0.25, 0.3) is 0 Å². The van der Waals surface area contributed by atoms with Crippen LogP contribution in [0.15, 0.2) is 11.3 Å². The molecule has 0 spiro atoms. The SMILES string of the molecule is CC(=O)C1=C(O)C[C@H]2[C@H]1C2(C)C. The van der Waals surface area contributed by atoms with E-state index in [0.717, 1.165) is 0 Å². The summed E-state index contributed by atoms with van der Waals surface area (Å²) in [5.74, 6) is 1.26. The molecule has 2 nitrogen and oxygen atoms in total. The van der Waals surface area contributed by atoms with Crippen molar-refractivity contribution in [3.8, 4) is 0 Å². The first-order chi connectivity index (χ1) is 5.46. The molecular formula is C10H14O2. The largest absolute Gasteiger partial charge is 0.512 e. The minimum absolute atomic E-state index is 0.0468. The summed E-state index contributed by atoms with van der Waals surface area (Å²) in [6.45, 7) is 5.87. The first kappa shape index (κ1) is 7.84. The Bertz CT molecular complexity index is 286. The Morgan fingerprint density at radius 3 is 2.50 bits per heavy atom. The van der Waals surface area contributed by atoms with Crippen LogP contribution in [0.5, 0.6) is 0 Å². The lowest BCUT2D eigenvalue weighted by molar-refractivity contribution is -0.114. The lowest BCUT2D eigenvalue weighted by atomic mass is 9.97. The average Bonchev–Trinajstić information content (AvgIpc) is 2.40. The molecule has 0 amide bonds. The molecule has 0 heterocycles. The Hall–Kier alpha value is -0.790. The van der Waals surface area contributed by atoms with Gasteiger partial charge in [0, 0.05) is 12.0 Å². The summed E-state index contributed by atoms with van der Waals surface area (Å²) in [6.07, 6.45) is 0.715. The summed E-state index contributed by atoms with van der Waals surface area (Å²) in [4.78, 5) is 11.2. The predicted octanol–water partition coefficient (Wildman–Crippen LogP) is 2.06. The predicted molar refractivity (Wildman–Crippen MR) is 45.7 cm³/mol. The molecule has 0 aromatic heterocycles. The molecule has 0 aromatic carbocycles. The number of Topliss-reactive ketones (excluding diaryl/α,β-unsaturated/α-hetero) is 1. The van der Waals surface area contributed by atoms with Crippen molar-refractivity contribution < 1.29 is 9.90 Å². The highest BCUT2D eigenvalue weighted by Crippen LogP contribution is 2.68. The lowest BCUT2D eigenvalue weighted by Crippen LogP contribution is -2.06. The first-order valence-corrected chi connectivity index (χ1v) is 4.39. The molecule has 66 valence electrons. The number of hydrogen-bond acceptors (Lipinski definition) is 2. The van der Waals surface area contributed by atoms with Gasteiger partial charge in [-0.15, -0.1) is 0 Å². The van der Waals surface area contributed by atoms with Gasteiger partial charge in [0.05, 0.1) is 5.76 Å². The number of allylic oxidation sites excluding steroid dienone is 2. The molecule has 0 bridgehead atoms. The fraction of sp³-hybridized carbons (Fsp3) is 0.700. The van der Waals surface area contributed by atoms with E-state index in [2.05, 4.69) is 13.8 Å². The summed E-state index contributed by atoms with van der Waals surface area (Å²) in [7, 11) is 0. The molecule has 2 heteroatoms. The first-order valence-electron chi connectivity index (χ1n) is 4.39. The third-order valence-corrected chi connectivity index (χ3v) is 3.46. The molecule has 2 atom stereocenters. The van der Waals surface area contributed by atoms with E-state index in [1.807, 2.05) is 0 Å². The summed E-state index contributed by atoms with van der Waals surface area (Å²) >= 11 is 0. The second-order valence-electron chi connectivity index (χ2n) is 4.53. The second-order valence-corrected chi connectivity index (χ2v) is 4.53. The molecule has 2 aliphatic carbocycles. The molecule has 2 rings (SSSR count). The smallest absolute Gasteiger partial charge is 0.159 e. The molecule has 0 unspecified atom stereocenters. The number of aliphatic hydroxyl groups excluding tert-OH is 1. The highest BCUT2D eigenvalue weighted by atomic mass is 16.3. The van der Waals surface area contributed by atoms with Gasteiger partial charge in [0.2, 0.25) is 0 Å². The molecule has 2 aliphatic rings. The maximum atomic E-state index is 11.2. The Morgan fingerprint density at radius 1 is 1.58 bits per heavy atom. The van der Waals surface area contributed by atoms with E-state index in [1.54, 1.807) is 6.92 Å². The van der Waals surface area contributed by atoms with Crippen molar-refractivity contribution in [3.05, 3.63) is 11.3 Å². The molecule has 1 N–H and O–H groups in total. The number of hydrogen-bond donors (Lipinski definition) is 1. The van der Waals surface area contributed by atoms with Crippen LogP contribution in [0.3, 0.4) is 0 Å². The Labute approximate surface area is 72.3 Å². The fourth-order valence-corrected chi connectivity index (χ4v) is 2.62. The molecule has 12 heavy (non-hydrogen) atoms. The number of carbonyl (C=O) groups excluding carboxylic acids is 1. The van der Waals surface area contributed by atoms with E-state index in [-0.39, 0.29) is 11.2 Å². The highest BCUT2D eigenvalue weighted by Gasteiger charge is 2.64. The van der Waals surface area contributed by atoms with Crippen LogP contribution < -0.4 is 0 Å². The number of aliphatic hydroxyl groups is 1. The van der Waals surface area contributed by atoms with Crippen molar-refractivity contribution in [2.75, 3.05) is 0 Å². The van der Waals surface area contributed by atoms with E-state index >= 15 is 0 Å². The summed E-state index contributed by atoms with van der Waals surface area (Å²) in [5.41, 5.74) is 0.956. The molecule has 0 aromatic rings. The van der Waals surface area contributed by atoms with Gasteiger partial charge in [-0.3, -0.25) is 4.79 Å². The quantitative estimate of drug-likeness (QED) is 0.647. The lowest BCUT2D eigenvalue weighted by Gasteiger charge is -2.09. The summed E-state index contributed by atoms with van der Waals surface area (Å²) in [5, 5.41) is 9.45. The van der Waals surface area contributed by atoms with Crippen molar-refractivity contribution in [1.29, 1.82) is 0 Å². The molecule has 1 fully saturated rings. The normalized spacial score (nSPS) is 36.6. The third-order valence-electron chi connectivity index (χ3n) is 3.46.